The molecule has 0 aromatic heterocycles. The SMILES string of the molecule is CC[C@@H]1CCCCN1C(=O)COC(=O)/C=C/c1ccc(OC)cc1OC. The minimum Gasteiger partial charge on any atom is -0.497 e. The fourth-order valence-corrected chi connectivity index (χ4v) is 3.13. The number of hydrogen-bond donors (Lipinski definition) is 0. The van der Waals surface area contributed by atoms with Gasteiger partial charge in [0.05, 0.1) is 14.2 Å². The first-order chi connectivity index (χ1) is 12.6. The summed E-state index contributed by atoms with van der Waals surface area (Å²) in [5, 5.41) is 0. The zero-order chi connectivity index (χ0) is 18.9. The van der Waals surface area contributed by atoms with E-state index in [4.69, 9.17) is 14.2 Å². The molecule has 2 rings (SSSR count). The van der Waals surface area contributed by atoms with Crippen LogP contribution in [0.4, 0.5) is 0 Å². The lowest BCUT2D eigenvalue weighted by Crippen LogP contribution is -2.45. The van der Waals surface area contributed by atoms with Crippen LogP contribution < -0.4 is 9.47 Å². The number of ether oxygens (including phenoxy) is 3. The second kappa shape index (κ2) is 9.85. The lowest BCUT2D eigenvalue weighted by molar-refractivity contribution is -0.150. The van der Waals surface area contributed by atoms with Gasteiger partial charge in [0.25, 0.3) is 5.91 Å². The van der Waals surface area contributed by atoms with Gasteiger partial charge in [-0.25, -0.2) is 4.79 Å². The third-order valence-corrected chi connectivity index (χ3v) is 4.60. The molecular formula is C20H27NO5. The molecule has 1 aliphatic heterocycles. The van der Waals surface area contributed by atoms with Crippen LogP contribution in [0.1, 0.15) is 38.2 Å². The number of hydrogen-bond acceptors (Lipinski definition) is 5. The molecule has 1 aromatic carbocycles. The highest BCUT2D eigenvalue weighted by atomic mass is 16.5. The molecule has 1 aliphatic rings. The summed E-state index contributed by atoms with van der Waals surface area (Å²) in [7, 11) is 3.12. The summed E-state index contributed by atoms with van der Waals surface area (Å²) in [4.78, 5) is 26.1. The fourth-order valence-electron chi connectivity index (χ4n) is 3.13. The largest absolute Gasteiger partial charge is 0.497 e. The van der Waals surface area contributed by atoms with Gasteiger partial charge in [-0.1, -0.05) is 6.92 Å². The molecular weight excluding hydrogens is 334 g/mol. The average Bonchev–Trinajstić information content (AvgIpc) is 2.70. The first-order valence-corrected chi connectivity index (χ1v) is 8.95. The van der Waals surface area contributed by atoms with Crippen molar-refractivity contribution in [1.82, 2.24) is 4.90 Å². The number of rotatable bonds is 7. The number of piperidine rings is 1. The summed E-state index contributed by atoms with van der Waals surface area (Å²) in [6.45, 7) is 2.60. The highest BCUT2D eigenvalue weighted by molar-refractivity contribution is 5.89. The maximum absolute atomic E-state index is 12.3. The predicted molar refractivity (Wildman–Crippen MR) is 99.2 cm³/mol. The van der Waals surface area contributed by atoms with E-state index in [9.17, 15) is 9.59 Å². The number of benzene rings is 1. The van der Waals surface area contributed by atoms with E-state index < -0.39 is 5.97 Å². The van der Waals surface area contributed by atoms with Crippen LogP contribution in [0.3, 0.4) is 0 Å². The second-order valence-corrected chi connectivity index (χ2v) is 6.19. The van der Waals surface area contributed by atoms with E-state index >= 15 is 0 Å². The Balaban J connectivity index is 1.90. The molecule has 0 bridgehead atoms. The first kappa shape index (κ1) is 19.8. The monoisotopic (exact) mass is 361 g/mol. The molecule has 142 valence electrons. The topological polar surface area (TPSA) is 65.1 Å². The van der Waals surface area contributed by atoms with Gasteiger partial charge in [0.2, 0.25) is 0 Å². The smallest absolute Gasteiger partial charge is 0.331 e. The van der Waals surface area contributed by atoms with Crippen molar-refractivity contribution in [2.75, 3.05) is 27.4 Å². The lowest BCUT2D eigenvalue weighted by Gasteiger charge is -2.35. The van der Waals surface area contributed by atoms with Crippen molar-refractivity contribution in [2.45, 2.75) is 38.6 Å². The molecule has 1 amide bonds. The molecule has 0 radical (unpaired) electrons. The second-order valence-electron chi connectivity index (χ2n) is 6.19. The number of esters is 1. The number of carbonyl (C=O) groups excluding carboxylic acids is 2. The Morgan fingerprint density at radius 3 is 2.73 bits per heavy atom. The average molecular weight is 361 g/mol. The fraction of sp³-hybridized carbons (Fsp3) is 0.500. The first-order valence-electron chi connectivity index (χ1n) is 8.95. The molecule has 1 atom stereocenters. The highest BCUT2D eigenvalue weighted by Crippen LogP contribution is 2.25. The molecule has 0 N–H and O–H groups in total. The van der Waals surface area contributed by atoms with Crippen molar-refractivity contribution < 1.29 is 23.8 Å². The summed E-state index contributed by atoms with van der Waals surface area (Å²) in [5.74, 6) is 0.573. The third kappa shape index (κ3) is 5.25. The van der Waals surface area contributed by atoms with Gasteiger partial charge >= 0.3 is 5.97 Å². The van der Waals surface area contributed by atoms with Crippen LogP contribution in [0.25, 0.3) is 6.08 Å². The van der Waals surface area contributed by atoms with Crippen molar-refractivity contribution in [3.8, 4) is 11.5 Å². The Labute approximate surface area is 154 Å². The molecule has 0 saturated carbocycles. The van der Waals surface area contributed by atoms with Gasteiger partial charge in [-0.3, -0.25) is 4.79 Å². The predicted octanol–water partition coefficient (Wildman–Crippen LogP) is 3.05. The Bertz CT molecular complexity index is 656. The zero-order valence-corrected chi connectivity index (χ0v) is 15.7. The van der Waals surface area contributed by atoms with Crippen LogP contribution in [-0.2, 0) is 14.3 Å². The summed E-state index contributed by atoms with van der Waals surface area (Å²) in [5.41, 5.74) is 0.721. The van der Waals surface area contributed by atoms with Crippen LogP contribution in [0.15, 0.2) is 24.3 Å². The number of methoxy groups -OCH3 is 2. The number of likely N-dealkylation sites (tertiary alicyclic amines) is 1. The number of nitrogens with zero attached hydrogens (tertiary/aromatic N) is 1. The van der Waals surface area contributed by atoms with Crippen molar-refractivity contribution in [3.63, 3.8) is 0 Å². The van der Waals surface area contributed by atoms with Crippen LogP contribution in [0, 0.1) is 0 Å². The highest BCUT2D eigenvalue weighted by Gasteiger charge is 2.25. The van der Waals surface area contributed by atoms with Crippen molar-refractivity contribution in [1.29, 1.82) is 0 Å². The summed E-state index contributed by atoms with van der Waals surface area (Å²) < 4.78 is 15.5. The third-order valence-electron chi connectivity index (χ3n) is 4.60. The van der Waals surface area contributed by atoms with E-state index in [0.717, 1.165) is 37.8 Å². The molecule has 1 aromatic rings. The molecule has 0 spiro atoms. The lowest BCUT2D eigenvalue weighted by atomic mass is 10.00. The minimum atomic E-state index is -0.554. The van der Waals surface area contributed by atoms with E-state index in [2.05, 4.69) is 6.92 Å². The Kier molecular flexibility index (Phi) is 7.51. The maximum Gasteiger partial charge on any atom is 0.331 e. The number of carbonyl (C=O) groups is 2. The normalized spacial score (nSPS) is 17.2. The Hall–Kier alpha value is -2.50. The molecule has 0 aliphatic carbocycles. The molecule has 6 heteroatoms. The Morgan fingerprint density at radius 1 is 1.23 bits per heavy atom. The van der Waals surface area contributed by atoms with Crippen molar-refractivity contribution in [3.05, 3.63) is 29.8 Å². The maximum atomic E-state index is 12.3. The minimum absolute atomic E-state index is 0.125. The van der Waals surface area contributed by atoms with E-state index in [-0.39, 0.29) is 18.6 Å². The molecule has 0 unspecified atom stereocenters. The van der Waals surface area contributed by atoms with Gasteiger partial charge in [0.15, 0.2) is 6.61 Å². The van der Waals surface area contributed by atoms with Crippen molar-refractivity contribution in [2.24, 2.45) is 0 Å². The molecule has 1 saturated heterocycles. The quantitative estimate of drug-likeness (QED) is 0.552. The summed E-state index contributed by atoms with van der Waals surface area (Å²) in [6.07, 6.45) is 7.00. The Morgan fingerprint density at radius 2 is 2.04 bits per heavy atom. The van der Waals surface area contributed by atoms with Crippen LogP contribution in [0.5, 0.6) is 11.5 Å². The van der Waals surface area contributed by atoms with Gasteiger partial charge < -0.3 is 19.1 Å². The standard InChI is InChI=1S/C20H27NO5/c1-4-16-7-5-6-12-21(16)19(22)14-26-20(23)11-9-15-8-10-17(24-2)13-18(15)25-3/h8-11,13,16H,4-7,12,14H2,1-3H3/b11-9+/t16-/m1/s1. The van der Waals surface area contributed by atoms with Gasteiger partial charge in [-0.05, 0) is 43.9 Å². The summed E-state index contributed by atoms with van der Waals surface area (Å²) in [6, 6.07) is 5.55. The van der Waals surface area contributed by atoms with E-state index in [1.54, 1.807) is 38.5 Å². The van der Waals surface area contributed by atoms with Gasteiger partial charge in [0, 0.05) is 30.3 Å². The zero-order valence-electron chi connectivity index (χ0n) is 15.7. The van der Waals surface area contributed by atoms with E-state index in [1.165, 1.54) is 6.08 Å². The number of amides is 1. The molecule has 26 heavy (non-hydrogen) atoms. The van der Waals surface area contributed by atoms with Gasteiger partial charge in [-0.15, -0.1) is 0 Å². The van der Waals surface area contributed by atoms with Gasteiger partial charge in [-0.2, -0.15) is 0 Å². The van der Waals surface area contributed by atoms with E-state index in [0.29, 0.717) is 11.5 Å². The van der Waals surface area contributed by atoms with E-state index in [1.807, 2.05) is 4.90 Å². The molecule has 1 fully saturated rings. The van der Waals surface area contributed by atoms with Gasteiger partial charge in [0.1, 0.15) is 11.5 Å². The summed E-state index contributed by atoms with van der Waals surface area (Å²) >= 11 is 0. The molecule has 1 heterocycles. The van der Waals surface area contributed by atoms with Crippen molar-refractivity contribution >= 4 is 18.0 Å². The van der Waals surface area contributed by atoms with Crippen LogP contribution in [0.2, 0.25) is 0 Å². The molecule has 6 nitrogen and oxygen atoms in total. The van der Waals surface area contributed by atoms with Crippen LogP contribution >= 0.6 is 0 Å². The van der Waals surface area contributed by atoms with Crippen LogP contribution in [-0.4, -0.2) is 50.2 Å².